The van der Waals surface area contributed by atoms with Crippen molar-refractivity contribution in [1.82, 2.24) is 9.97 Å². The van der Waals surface area contributed by atoms with Crippen molar-refractivity contribution < 1.29 is 9.90 Å². The fourth-order valence-corrected chi connectivity index (χ4v) is 2.86. The van der Waals surface area contributed by atoms with Crippen LogP contribution in [0.2, 0.25) is 5.02 Å². The third-order valence-corrected chi connectivity index (χ3v) is 3.95. The molecule has 0 aliphatic rings. The molecule has 1 aromatic carbocycles. The highest BCUT2D eigenvalue weighted by molar-refractivity contribution is 7.99. The summed E-state index contributed by atoms with van der Waals surface area (Å²) in [4.78, 5) is 20.6. The van der Waals surface area contributed by atoms with Gasteiger partial charge in [-0.05, 0) is 24.5 Å². The lowest BCUT2D eigenvalue weighted by Crippen LogP contribution is -2.04. The average molecular weight is 313 g/mol. The number of aromatic nitrogens is 2. The van der Waals surface area contributed by atoms with E-state index < -0.39 is 5.97 Å². The van der Waals surface area contributed by atoms with Gasteiger partial charge in [-0.2, -0.15) is 0 Å². The number of carbonyl (C=O) groups is 1. The van der Waals surface area contributed by atoms with Crippen LogP contribution in [0, 0.1) is 0 Å². The Morgan fingerprint density at radius 1 is 1.42 bits per heavy atom. The van der Waals surface area contributed by atoms with E-state index in [1.54, 1.807) is 18.4 Å². The van der Waals surface area contributed by atoms with E-state index in [0.29, 0.717) is 15.1 Å². The van der Waals surface area contributed by atoms with E-state index >= 15 is 0 Å². The molecule has 0 saturated heterocycles. The Morgan fingerprint density at radius 2 is 2.21 bits per heavy atom. The Hall–Kier alpha value is -1.24. The molecule has 19 heavy (non-hydrogen) atoms. The molecule has 0 amide bonds. The summed E-state index contributed by atoms with van der Waals surface area (Å²) in [5.41, 5.74) is 0.00401. The molecule has 1 aromatic heterocycles. The molecule has 0 aliphatic heterocycles. The van der Waals surface area contributed by atoms with Gasteiger partial charge in [0.05, 0.1) is 4.90 Å². The van der Waals surface area contributed by atoms with Crippen LogP contribution >= 0.6 is 35.1 Å². The summed E-state index contributed by atoms with van der Waals surface area (Å²) < 4.78 is 0. The predicted octanol–water partition coefficient (Wildman–Crippen LogP) is 3.70. The van der Waals surface area contributed by atoms with Crippen LogP contribution in [0.5, 0.6) is 0 Å². The summed E-state index contributed by atoms with van der Waals surface area (Å²) >= 11 is 8.48. The second kappa shape index (κ2) is 6.27. The van der Waals surface area contributed by atoms with Crippen LogP contribution in [0.4, 0.5) is 0 Å². The molecule has 2 aromatic rings. The second-order valence-electron chi connectivity index (χ2n) is 3.43. The molecule has 0 atom stereocenters. The zero-order valence-corrected chi connectivity index (χ0v) is 12.2. The van der Waals surface area contributed by atoms with Crippen LogP contribution in [-0.4, -0.2) is 27.3 Å². The van der Waals surface area contributed by atoms with Crippen molar-refractivity contribution in [1.29, 1.82) is 0 Å². The molecule has 0 fully saturated rings. The molecule has 0 spiro atoms. The second-order valence-corrected chi connectivity index (χ2v) is 5.76. The Bertz CT molecular complexity index is 622. The number of halogens is 1. The zero-order chi connectivity index (χ0) is 13.8. The van der Waals surface area contributed by atoms with Gasteiger partial charge in [0.15, 0.2) is 10.9 Å². The molecule has 0 aliphatic carbocycles. The highest BCUT2D eigenvalue weighted by atomic mass is 35.5. The van der Waals surface area contributed by atoms with Gasteiger partial charge >= 0.3 is 5.97 Å². The number of carboxylic acids is 1. The SMILES string of the molecule is CSc1ncc(Sc2cccc(Cl)c2)c(C(=O)O)n1. The average Bonchev–Trinajstić information content (AvgIpc) is 2.39. The third kappa shape index (κ3) is 3.62. The van der Waals surface area contributed by atoms with Gasteiger partial charge in [-0.25, -0.2) is 14.8 Å². The summed E-state index contributed by atoms with van der Waals surface area (Å²) in [5.74, 6) is -1.07. The maximum atomic E-state index is 11.2. The minimum atomic E-state index is -1.07. The van der Waals surface area contributed by atoms with E-state index in [1.165, 1.54) is 29.7 Å². The van der Waals surface area contributed by atoms with Crippen molar-refractivity contribution in [3.8, 4) is 0 Å². The minimum absolute atomic E-state index is 0.00401. The zero-order valence-electron chi connectivity index (χ0n) is 9.83. The number of carboxylic acid groups (broad SMARTS) is 1. The lowest BCUT2D eigenvalue weighted by molar-refractivity contribution is 0.0685. The first-order chi connectivity index (χ1) is 9.10. The van der Waals surface area contributed by atoms with Crippen LogP contribution in [0.15, 0.2) is 45.4 Å². The molecule has 98 valence electrons. The Kier molecular flexibility index (Phi) is 4.68. The number of aromatic carboxylic acids is 1. The number of rotatable bonds is 4. The van der Waals surface area contributed by atoms with E-state index in [1.807, 2.05) is 12.1 Å². The minimum Gasteiger partial charge on any atom is -0.476 e. The fraction of sp³-hybridized carbons (Fsp3) is 0.0833. The maximum absolute atomic E-state index is 11.2. The quantitative estimate of drug-likeness (QED) is 0.686. The molecule has 0 radical (unpaired) electrons. The van der Waals surface area contributed by atoms with Gasteiger partial charge in [-0.1, -0.05) is 41.2 Å². The van der Waals surface area contributed by atoms with Gasteiger partial charge in [0.2, 0.25) is 0 Å². The van der Waals surface area contributed by atoms with Crippen molar-refractivity contribution >= 4 is 41.1 Å². The van der Waals surface area contributed by atoms with Crippen LogP contribution < -0.4 is 0 Å². The molecule has 0 bridgehead atoms. The third-order valence-electron chi connectivity index (χ3n) is 2.14. The van der Waals surface area contributed by atoms with E-state index in [9.17, 15) is 9.90 Å². The summed E-state index contributed by atoms with van der Waals surface area (Å²) in [5, 5.41) is 10.2. The van der Waals surface area contributed by atoms with Crippen molar-refractivity contribution in [2.75, 3.05) is 6.26 Å². The fourth-order valence-electron chi connectivity index (χ4n) is 1.34. The molecule has 0 unspecified atom stereocenters. The lowest BCUT2D eigenvalue weighted by atomic mass is 10.4. The predicted molar refractivity (Wildman–Crippen MR) is 76.3 cm³/mol. The lowest BCUT2D eigenvalue weighted by Gasteiger charge is -2.06. The molecular formula is C12H9ClN2O2S2. The topological polar surface area (TPSA) is 63.1 Å². The highest BCUT2D eigenvalue weighted by Gasteiger charge is 2.15. The largest absolute Gasteiger partial charge is 0.476 e. The summed E-state index contributed by atoms with van der Waals surface area (Å²) in [6.45, 7) is 0. The van der Waals surface area contributed by atoms with Gasteiger partial charge in [0, 0.05) is 16.1 Å². The molecule has 1 N–H and O–H groups in total. The first-order valence-corrected chi connectivity index (χ1v) is 7.60. The van der Waals surface area contributed by atoms with Gasteiger partial charge in [0.25, 0.3) is 0 Å². The number of hydrogen-bond donors (Lipinski definition) is 1. The molecule has 0 saturated carbocycles. The standard InChI is InChI=1S/C12H9ClN2O2S2/c1-18-12-14-6-9(10(15-12)11(16)17)19-8-4-2-3-7(13)5-8/h2-6H,1H3,(H,16,17). The maximum Gasteiger partial charge on any atom is 0.355 e. The van der Waals surface area contributed by atoms with Gasteiger partial charge in [-0.15, -0.1) is 0 Å². The molecule has 1 heterocycles. The van der Waals surface area contributed by atoms with Crippen LogP contribution in [-0.2, 0) is 0 Å². The van der Waals surface area contributed by atoms with Gasteiger partial charge in [0.1, 0.15) is 0 Å². The number of benzene rings is 1. The van der Waals surface area contributed by atoms with Crippen LogP contribution in [0.3, 0.4) is 0 Å². The number of thioether (sulfide) groups is 1. The molecule has 7 heteroatoms. The van der Waals surface area contributed by atoms with E-state index in [4.69, 9.17) is 11.6 Å². The smallest absolute Gasteiger partial charge is 0.355 e. The first kappa shape index (κ1) is 14.2. The van der Waals surface area contributed by atoms with E-state index in [2.05, 4.69) is 9.97 Å². The highest BCUT2D eigenvalue weighted by Crippen LogP contribution is 2.31. The van der Waals surface area contributed by atoms with Crippen LogP contribution in [0.1, 0.15) is 10.5 Å². The van der Waals surface area contributed by atoms with E-state index in [0.717, 1.165) is 4.90 Å². The molecule has 4 nitrogen and oxygen atoms in total. The number of nitrogens with zero attached hydrogens (tertiary/aromatic N) is 2. The Morgan fingerprint density at radius 3 is 2.84 bits per heavy atom. The van der Waals surface area contributed by atoms with E-state index in [-0.39, 0.29) is 5.69 Å². The van der Waals surface area contributed by atoms with Crippen molar-refractivity contribution in [3.05, 3.63) is 41.2 Å². The van der Waals surface area contributed by atoms with Crippen LogP contribution in [0.25, 0.3) is 0 Å². The summed E-state index contributed by atoms with van der Waals surface area (Å²) in [6.07, 6.45) is 3.32. The molecular weight excluding hydrogens is 304 g/mol. The van der Waals surface area contributed by atoms with Gasteiger partial charge < -0.3 is 5.11 Å². The normalized spacial score (nSPS) is 10.4. The number of hydrogen-bond acceptors (Lipinski definition) is 5. The van der Waals surface area contributed by atoms with Crippen molar-refractivity contribution in [2.24, 2.45) is 0 Å². The monoisotopic (exact) mass is 312 g/mol. The molecule has 2 rings (SSSR count). The van der Waals surface area contributed by atoms with Crippen molar-refractivity contribution in [3.63, 3.8) is 0 Å². The summed E-state index contributed by atoms with van der Waals surface area (Å²) in [7, 11) is 0. The summed E-state index contributed by atoms with van der Waals surface area (Å²) in [6, 6.07) is 7.18. The Labute approximate surface area is 123 Å². The first-order valence-electron chi connectivity index (χ1n) is 5.18. The van der Waals surface area contributed by atoms with Gasteiger partial charge in [-0.3, -0.25) is 0 Å². The Balaban J connectivity index is 2.36. The van der Waals surface area contributed by atoms with Crippen molar-refractivity contribution in [2.45, 2.75) is 14.9 Å².